The van der Waals surface area contributed by atoms with Crippen LogP contribution in [0.2, 0.25) is 0 Å². The van der Waals surface area contributed by atoms with Gasteiger partial charge in [0.15, 0.2) is 0 Å². The molecule has 0 radical (unpaired) electrons. The molecule has 1 aliphatic heterocycles. The van der Waals surface area contributed by atoms with E-state index in [2.05, 4.69) is 10.0 Å². The molecular weight excluding hydrogens is 290 g/mol. The molecule has 2 N–H and O–H groups in total. The second-order valence-electron chi connectivity index (χ2n) is 4.96. The second kappa shape index (κ2) is 7.02. The molecule has 6 nitrogen and oxygen atoms in total. The van der Waals surface area contributed by atoms with Crippen LogP contribution in [0.1, 0.15) is 18.9 Å². The van der Waals surface area contributed by atoms with E-state index in [1.165, 1.54) is 4.31 Å². The summed E-state index contributed by atoms with van der Waals surface area (Å²) in [5, 5.41) is 2.79. The Kier molecular flexibility index (Phi) is 5.33. The summed E-state index contributed by atoms with van der Waals surface area (Å²) in [6.45, 7) is 2.87. The first-order chi connectivity index (χ1) is 10.0. The predicted octanol–water partition coefficient (Wildman–Crippen LogP) is 0.274. The van der Waals surface area contributed by atoms with Gasteiger partial charge in [0.05, 0.1) is 0 Å². The number of carbonyl (C=O) groups excluding carboxylic acids is 1. The smallest absolute Gasteiger partial charge is 0.280 e. The SMILES string of the molecule is CCNS(=O)(=O)N1CCCNC(=O)C1Cc1ccccc1. The molecule has 0 saturated carbocycles. The molecule has 1 atom stereocenters. The summed E-state index contributed by atoms with van der Waals surface area (Å²) in [6, 6.07) is 8.75. The van der Waals surface area contributed by atoms with Crippen LogP contribution in [0, 0.1) is 0 Å². The lowest BCUT2D eigenvalue weighted by molar-refractivity contribution is -0.124. The predicted molar refractivity (Wildman–Crippen MR) is 80.9 cm³/mol. The Morgan fingerprint density at radius 1 is 1.33 bits per heavy atom. The molecule has 0 spiro atoms. The van der Waals surface area contributed by atoms with E-state index in [9.17, 15) is 13.2 Å². The van der Waals surface area contributed by atoms with Crippen LogP contribution < -0.4 is 10.0 Å². The van der Waals surface area contributed by atoms with E-state index >= 15 is 0 Å². The van der Waals surface area contributed by atoms with Gasteiger partial charge in [-0.2, -0.15) is 12.7 Å². The zero-order valence-corrected chi connectivity index (χ0v) is 12.9. The number of carbonyl (C=O) groups is 1. The fraction of sp³-hybridized carbons (Fsp3) is 0.500. The quantitative estimate of drug-likeness (QED) is 0.819. The van der Waals surface area contributed by atoms with Crippen molar-refractivity contribution in [1.29, 1.82) is 0 Å². The molecule has 1 aliphatic rings. The molecule has 1 aromatic carbocycles. The average molecular weight is 311 g/mol. The lowest BCUT2D eigenvalue weighted by Crippen LogP contribution is -2.52. The van der Waals surface area contributed by atoms with Crippen LogP contribution in [0.15, 0.2) is 30.3 Å². The third kappa shape index (κ3) is 4.03. The van der Waals surface area contributed by atoms with Crippen molar-refractivity contribution in [2.24, 2.45) is 0 Å². The summed E-state index contributed by atoms with van der Waals surface area (Å²) in [6.07, 6.45) is 0.985. The van der Waals surface area contributed by atoms with Crippen molar-refractivity contribution >= 4 is 16.1 Å². The maximum Gasteiger partial charge on any atom is 0.280 e. The largest absolute Gasteiger partial charge is 0.355 e. The van der Waals surface area contributed by atoms with Crippen LogP contribution in [-0.4, -0.2) is 44.3 Å². The van der Waals surface area contributed by atoms with Crippen LogP contribution >= 0.6 is 0 Å². The molecule has 116 valence electrons. The van der Waals surface area contributed by atoms with Gasteiger partial charge < -0.3 is 5.32 Å². The fourth-order valence-electron chi connectivity index (χ4n) is 2.44. The lowest BCUT2D eigenvalue weighted by atomic mass is 10.1. The van der Waals surface area contributed by atoms with Gasteiger partial charge >= 0.3 is 0 Å². The van der Waals surface area contributed by atoms with E-state index in [0.29, 0.717) is 32.5 Å². The minimum atomic E-state index is -3.64. The monoisotopic (exact) mass is 311 g/mol. The number of amides is 1. The van der Waals surface area contributed by atoms with E-state index in [1.54, 1.807) is 6.92 Å². The van der Waals surface area contributed by atoms with Gasteiger partial charge in [0.1, 0.15) is 6.04 Å². The van der Waals surface area contributed by atoms with Crippen LogP contribution in [0.3, 0.4) is 0 Å². The van der Waals surface area contributed by atoms with Crippen LogP contribution in [-0.2, 0) is 21.4 Å². The van der Waals surface area contributed by atoms with Gasteiger partial charge in [0, 0.05) is 19.6 Å². The zero-order chi connectivity index (χ0) is 15.3. The summed E-state index contributed by atoms with van der Waals surface area (Å²) < 4.78 is 28.4. The van der Waals surface area contributed by atoms with Crippen LogP contribution in [0.4, 0.5) is 0 Å². The average Bonchev–Trinajstić information content (AvgIpc) is 2.63. The normalized spacial score (nSPS) is 20.8. The summed E-state index contributed by atoms with van der Waals surface area (Å²) >= 11 is 0. The molecule has 1 aromatic rings. The van der Waals surface area contributed by atoms with Gasteiger partial charge in [-0.25, -0.2) is 4.72 Å². The van der Waals surface area contributed by atoms with E-state index in [-0.39, 0.29) is 5.91 Å². The van der Waals surface area contributed by atoms with Gasteiger partial charge in [-0.15, -0.1) is 0 Å². The summed E-state index contributed by atoms with van der Waals surface area (Å²) in [4.78, 5) is 12.2. The highest BCUT2D eigenvalue weighted by atomic mass is 32.2. The first kappa shape index (κ1) is 15.9. The van der Waals surface area contributed by atoms with Crippen molar-refractivity contribution in [3.8, 4) is 0 Å². The molecule has 1 unspecified atom stereocenters. The van der Waals surface area contributed by atoms with E-state index in [1.807, 2.05) is 30.3 Å². The number of benzene rings is 1. The molecule has 0 aromatic heterocycles. The molecule has 1 saturated heterocycles. The van der Waals surface area contributed by atoms with Crippen LogP contribution in [0.25, 0.3) is 0 Å². The van der Waals surface area contributed by atoms with Crippen LogP contribution in [0.5, 0.6) is 0 Å². The van der Waals surface area contributed by atoms with Gasteiger partial charge in [0.2, 0.25) is 5.91 Å². The van der Waals surface area contributed by atoms with E-state index in [4.69, 9.17) is 0 Å². The molecule has 2 rings (SSSR count). The Hall–Kier alpha value is -1.44. The fourth-order valence-corrected chi connectivity index (χ4v) is 3.84. The van der Waals surface area contributed by atoms with Gasteiger partial charge in [0.25, 0.3) is 10.2 Å². The number of rotatable bonds is 5. The first-order valence-corrected chi connectivity index (χ1v) is 8.56. The van der Waals surface area contributed by atoms with Crippen molar-refractivity contribution in [2.45, 2.75) is 25.8 Å². The molecule has 1 fully saturated rings. The summed E-state index contributed by atoms with van der Waals surface area (Å²) in [5.74, 6) is -0.238. The second-order valence-corrected chi connectivity index (χ2v) is 6.67. The maximum absolute atomic E-state index is 12.3. The van der Waals surface area contributed by atoms with Crippen molar-refractivity contribution in [3.05, 3.63) is 35.9 Å². The minimum Gasteiger partial charge on any atom is -0.355 e. The van der Waals surface area contributed by atoms with E-state index < -0.39 is 16.3 Å². The van der Waals surface area contributed by atoms with E-state index in [0.717, 1.165) is 5.56 Å². The van der Waals surface area contributed by atoms with Gasteiger partial charge in [-0.3, -0.25) is 4.79 Å². The molecular formula is C14H21N3O3S. The Morgan fingerprint density at radius 3 is 2.71 bits per heavy atom. The van der Waals surface area contributed by atoms with Crippen molar-refractivity contribution in [1.82, 2.24) is 14.3 Å². The standard InChI is InChI=1S/C14H21N3O3S/c1-2-16-21(19,20)17-10-6-9-15-14(18)13(17)11-12-7-4-3-5-8-12/h3-5,7-8,13,16H,2,6,9-11H2,1H3,(H,15,18). The highest BCUT2D eigenvalue weighted by molar-refractivity contribution is 7.87. The number of nitrogens with one attached hydrogen (secondary N) is 2. The molecule has 0 aliphatic carbocycles. The van der Waals surface area contributed by atoms with Crippen molar-refractivity contribution in [3.63, 3.8) is 0 Å². The Balaban J connectivity index is 2.28. The van der Waals surface area contributed by atoms with Crippen molar-refractivity contribution < 1.29 is 13.2 Å². The summed E-state index contributed by atoms with van der Waals surface area (Å²) in [7, 11) is -3.64. The molecule has 1 heterocycles. The first-order valence-electron chi connectivity index (χ1n) is 7.12. The van der Waals surface area contributed by atoms with Crippen molar-refractivity contribution in [2.75, 3.05) is 19.6 Å². The molecule has 1 amide bonds. The van der Waals surface area contributed by atoms with Gasteiger partial charge in [-0.1, -0.05) is 37.3 Å². The summed E-state index contributed by atoms with van der Waals surface area (Å²) in [5.41, 5.74) is 0.941. The molecule has 21 heavy (non-hydrogen) atoms. The Bertz CT molecular complexity index is 574. The number of hydrogen-bond acceptors (Lipinski definition) is 3. The van der Waals surface area contributed by atoms with Gasteiger partial charge in [-0.05, 0) is 18.4 Å². The Morgan fingerprint density at radius 2 is 2.05 bits per heavy atom. The Labute approximate surface area is 125 Å². The lowest BCUT2D eigenvalue weighted by Gasteiger charge is -2.27. The maximum atomic E-state index is 12.3. The third-order valence-electron chi connectivity index (χ3n) is 3.41. The number of nitrogens with zero attached hydrogens (tertiary/aromatic N) is 1. The highest BCUT2D eigenvalue weighted by Crippen LogP contribution is 2.15. The highest BCUT2D eigenvalue weighted by Gasteiger charge is 2.35. The minimum absolute atomic E-state index is 0.238. The topological polar surface area (TPSA) is 78.5 Å². The number of hydrogen-bond donors (Lipinski definition) is 2. The zero-order valence-electron chi connectivity index (χ0n) is 12.1. The molecule has 7 heteroatoms. The third-order valence-corrected chi connectivity index (χ3v) is 5.12. The molecule has 0 bridgehead atoms.